The fourth-order valence-electron chi connectivity index (χ4n) is 3.13. The van der Waals surface area contributed by atoms with Crippen molar-refractivity contribution in [3.05, 3.63) is 66.0 Å². The highest BCUT2D eigenvalue weighted by atomic mass is 15.0. The second-order valence-electron chi connectivity index (χ2n) is 5.59. The molecule has 1 aliphatic rings. The molecule has 21 heavy (non-hydrogen) atoms. The Balaban J connectivity index is 1.62. The molecule has 3 heteroatoms. The molecule has 0 saturated carbocycles. The first-order valence-corrected chi connectivity index (χ1v) is 7.43. The van der Waals surface area contributed by atoms with Crippen LogP contribution in [-0.2, 0) is 12.8 Å². The Morgan fingerprint density at radius 3 is 2.67 bits per heavy atom. The molecule has 0 saturated heterocycles. The molecule has 0 amide bonds. The smallest absolute Gasteiger partial charge is 0.137 e. The molecule has 1 unspecified atom stereocenters. The van der Waals surface area contributed by atoms with Gasteiger partial charge in [-0.1, -0.05) is 36.4 Å². The molecule has 1 N–H and O–H groups in total. The van der Waals surface area contributed by atoms with Crippen molar-refractivity contribution in [2.24, 2.45) is 0 Å². The van der Waals surface area contributed by atoms with Crippen LogP contribution in [0.5, 0.6) is 0 Å². The molecule has 1 aliphatic carbocycles. The van der Waals surface area contributed by atoms with E-state index < -0.39 is 0 Å². The van der Waals surface area contributed by atoms with Gasteiger partial charge < -0.3 is 5.32 Å². The number of rotatable bonds is 2. The number of hydrogen-bond acceptors (Lipinski definition) is 3. The van der Waals surface area contributed by atoms with E-state index in [9.17, 15) is 0 Å². The van der Waals surface area contributed by atoms with Gasteiger partial charge in [0.15, 0.2) is 0 Å². The SMILES string of the molecule is c1ccc2c(c1)CCC(Nc1ncnc3ccccc13)C2. The highest BCUT2D eigenvalue weighted by Gasteiger charge is 2.19. The Hall–Kier alpha value is -2.42. The van der Waals surface area contributed by atoms with Gasteiger partial charge in [-0.25, -0.2) is 9.97 Å². The van der Waals surface area contributed by atoms with Crippen molar-refractivity contribution < 1.29 is 0 Å². The molecule has 3 aromatic rings. The Morgan fingerprint density at radius 2 is 1.71 bits per heavy atom. The summed E-state index contributed by atoms with van der Waals surface area (Å²) in [7, 11) is 0. The van der Waals surface area contributed by atoms with Crippen LogP contribution in [-0.4, -0.2) is 16.0 Å². The lowest BCUT2D eigenvalue weighted by molar-refractivity contribution is 0.609. The fourth-order valence-corrected chi connectivity index (χ4v) is 3.13. The third-order valence-corrected chi connectivity index (χ3v) is 4.23. The first-order valence-electron chi connectivity index (χ1n) is 7.43. The van der Waals surface area contributed by atoms with Gasteiger partial charge in [-0.2, -0.15) is 0 Å². The molecular formula is C18H17N3. The summed E-state index contributed by atoms with van der Waals surface area (Å²) in [4.78, 5) is 8.75. The zero-order chi connectivity index (χ0) is 14.1. The van der Waals surface area contributed by atoms with Crippen molar-refractivity contribution in [1.29, 1.82) is 0 Å². The number of fused-ring (bicyclic) bond motifs is 2. The lowest BCUT2D eigenvalue weighted by atomic mass is 9.88. The second kappa shape index (κ2) is 5.17. The van der Waals surface area contributed by atoms with Crippen molar-refractivity contribution in [1.82, 2.24) is 9.97 Å². The number of hydrogen-bond donors (Lipinski definition) is 1. The highest BCUT2D eigenvalue weighted by Crippen LogP contribution is 2.25. The van der Waals surface area contributed by atoms with Crippen LogP contribution in [0, 0.1) is 0 Å². The average molecular weight is 275 g/mol. The lowest BCUT2D eigenvalue weighted by Crippen LogP contribution is -2.27. The molecule has 0 spiro atoms. The summed E-state index contributed by atoms with van der Waals surface area (Å²) in [5.41, 5.74) is 3.94. The average Bonchev–Trinajstić information content (AvgIpc) is 2.55. The molecule has 3 nitrogen and oxygen atoms in total. The van der Waals surface area contributed by atoms with Crippen molar-refractivity contribution >= 4 is 16.7 Å². The number of benzene rings is 2. The number of nitrogens with one attached hydrogen (secondary N) is 1. The Labute approximate surface area is 124 Å². The van der Waals surface area contributed by atoms with E-state index in [1.54, 1.807) is 6.33 Å². The summed E-state index contributed by atoms with van der Waals surface area (Å²) < 4.78 is 0. The van der Waals surface area contributed by atoms with Crippen LogP contribution < -0.4 is 5.32 Å². The molecule has 104 valence electrons. The maximum atomic E-state index is 4.43. The third-order valence-electron chi connectivity index (χ3n) is 4.23. The normalized spacial score (nSPS) is 17.4. The van der Waals surface area contributed by atoms with Crippen molar-refractivity contribution in [3.8, 4) is 0 Å². The van der Waals surface area contributed by atoms with E-state index in [4.69, 9.17) is 0 Å². The first-order chi connectivity index (χ1) is 10.4. The van der Waals surface area contributed by atoms with Gasteiger partial charge in [0.05, 0.1) is 5.52 Å². The number of nitrogens with zero attached hydrogens (tertiary/aromatic N) is 2. The van der Waals surface area contributed by atoms with Gasteiger partial charge in [0.25, 0.3) is 0 Å². The first kappa shape index (κ1) is 12.3. The Morgan fingerprint density at radius 1 is 0.905 bits per heavy atom. The van der Waals surface area contributed by atoms with Crippen molar-refractivity contribution in [3.63, 3.8) is 0 Å². The van der Waals surface area contributed by atoms with Gasteiger partial charge in [0.2, 0.25) is 0 Å². The minimum atomic E-state index is 0.443. The van der Waals surface area contributed by atoms with E-state index in [2.05, 4.69) is 45.6 Å². The summed E-state index contributed by atoms with van der Waals surface area (Å²) in [5, 5.41) is 4.71. The summed E-state index contributed by atoms with van der Waals surface area (Å²) in [5.74, 6) is 0.949. The maximum absolute atomic E-state index is 4.43. The quantitative estimate of drug-likeness (QED) is 0.776. The van der Waals surface area contributed by atoms with E-state index in [1.807, 2.05) is 18.2 Å². The van der Waals surface area contributed by atoms with E-state index in [0.717, 1.165) is 36.0 Å². The molecule has 1 aromatic heterocycles. The van der Waals surface area contributed by atoms with Gasteiger partial charge in [-0.05, 0) is 42.5 Å². The van der Waals surface area contributed by atoms with Crippen LogP contribution >= 0.6 is 0 Å². The number of aromatic nitrogens is 2. The van der Waals surface area contributed by atoms with Crippen LogP contribution in [0.3, 0.4) is 0 Å². The van der Waals surface area contributed by atoms with Crippen LogP contribution in [0.2, 0.25) is 0 Å². The third kappa shape index (κ3) is 2.35. The Kier molecular flexibility index (Phi) is 3.03. The largest absolute Gasteiger partial charge is 0.366 e. The highest BCUT2D eigenvalue weighted by molar-refractivity contribution is 5.88. The van der Waals surface area contributed by atoms with Crippen LogP contribution in [0.1, 0.15) is 17.5 Å². The minimum absolute atomic E-state index is 0.443. The topological polar surface area (TPSA) is 37.8 Å². The van der Waals surface area contributed by atoms with E-state index in [-0.39, 0.29) is 0 Å². The van der Waals surface area contributed by atoms with Gasteiger partial charge in [-0.3, -0.25) is 0 Å². The minimum Gasteiger partial charge on any atom is -0.366 e. The monoisotopic (exact) mass is 275 g/mol. The molecule has 0 aliphatic heterocycles. The fraction of sp³-hybridized carbons (Fsp3) is 0.222. The van der Waals surface area contributed by atoms with Crippen LogP contribution in [0.25, 0.3) is 10.9 Å². The molecule has 1 atom stereocenters. The molecule has 0 fully saturated rings. The van der Waals surface area contributed by atoms with Crippen LogP contribution in [0.4, 0.5) is 5.82 Å². The number of aryl methyl sites for hydroxylation is 1. The molecule has 0 bridgehead atoms. The van der Waals surface area contributed by atoms with Gasteiger partial charge >= 0.3 is 0 Å². The maximum Gasteiger partial charge on any atom is 0.137 e. The van der Waals surface area contributed by atoms with Crippen molar-refractivity contribution in [2.75, 3.05) is 5.32 Å². The summed E-state index contributed by atoms with van der Waals surface area (Å²) in [6, 6.07) is 17.3. The molecule has 2 aromatic carbocycles. The van der Waals surface area contributed by atoms with Gasteiger partial charge in [0.1, 0.15) is 12.1 Å². The molecule has 1 heterocycles. The molecular weight excluding hydrogens is 258 g/mol. The van der Waals surface area contributed by atoms with E-state index in [0.29, 0.717) is 6.04 Å². The zero-order valence-corrected chi connectivity index (χ0v) is 11.8. The standard InChI is InChI=1S/C18H17N3/c1-2-6-14-11-15(10-9-13(14)5-1)21-18-16-7-3-4-8-17(16)19-12-20-18/h1-8,12,15H,9-11H2,(H,19,20,21). The number of para-hydroxylation sites is 1. The number of anilines is 1. The Bertz CT molecular complexity index is 777. The summed E-state index contributed by atoms with van der Waals surface area (Å²) >= 11 is 0. The summed E-state index contributed by atoms with van der Waals surface area (Å²) in [6.45, 7) is 0. The molecule has 4 rings (SSSR count). The second-order valence-corrected chi connectivity index (χ2v) is 5.59. The van der Waals surface area contributed by atoms with Gasteiger partial charge in [0, 0.05) is 11.4 Å². The van der Waals surface area contributed by atoms with Crippen LogP contribution in [0.15, 0.2) is 54.9 Å². The lowest BCUT2D eigenvalue weighted by Gasteiger charge is -2.26. The zero-order valence-electron chi connectivity index (χ0n) is 11.8. The molecule has 0 radical (unpaired) electrons. The summed E-state index contributed by atoms with van der Waals surface area (Å²) in [6.07, 6.45) is 4.99. The van der Waals surface area contributed by atoms with Gasteiger partial charge in [-0.15, -0.1) is 0 Å². The van der Waals surface area contributed by atoms with E-state index >= 15 is 0 Å². The predicted molar refractivity (Wildman–Crippen MR) is 85.4 cm³/mol. The predicted octanol–water partition coefficient (Wildman–Crippen LogP) is 3.60. The van der Waals surface area contributed by atoms with E-state index in [1.165, 1.54) is 11.1 Å². The van der Waals surface area contributed by atoms with Crippen molar-refractivity contribution in [2.45, 2.75) is 25.3 Å².